The molecule has 20 heavy (non-hydrogen) atoms. The van der Waals surface area contributed by atoms with E-state index in [-0.39, 0.29) is 12.0 Å². The van der Waals surface area contributed by atoms with E-state index in [1.165, 1.54) is 0 Å². The lowest BCUT2D eigenvalue weighted by molar-refractivity contribution is 0.242. The molecule has 0 aliphatic rings. The van der Waals surface area contributed by atoms with Gasteiger partial charge in [0.25, 0.3) is 0 Å². The lowest BCUT2D eigenvalue weighted by Gasteiger charge is -2.11. The molecule has 0 aliphatic heterocycles. The van der Waals surface area contributed by atoms with E-state index in [1.54, 1.807) is 6.92 Å². The van der Waals surface area contributed by atoms with Gasteiger partial charge >= 0.3 is 0 Å². The Morgan fingerprint density at radius 3 is 2.05 bits per heavy atom. The molecule has 0 aliphatic carbocycles. The number of benzene rings is 2. The minimum atomic E-state index is 0.153. The first-order valence-corrected chi connectivity index (χ1v) is 6.65. The normalized spacial score (nSPS) is 10.4. The summed E-state index contributed by atoms with van der Waals surface area (Å²) in [6, 6.07) is 15.7. The van der Waals surface area contributed by atoms with Gasteiger partial charge in [-0.1, -0.05) is 24.3 Å². The van der Waals surface area contributed by atoms with Gasteiger partial charge in [-0.15, -0.1) is 0 Å². The highest BCUT2D eigenvalue weighted by molar-refractivity contribution is 5.73. The Morgan fingerprint density at radius 2 is 1.50 bits per heavy atom. The van der Waals surface area contributed by atoms with Gasteiger partial charge in [0.15, 0.2) is 5.90 Å². The summed E-state index contributed by atoms with van der Waals surface area (Å²) in [7, 11) is 0. The predicted molar refractivity (Wildman–Crippen MR) is 81.7 cm³/mol. The highest BCUT2D eigenvalue weighted by Crippen LogP contribution is 2.27. The third-order valence-corrected chi connectivity index (χ3v) is 2.64. The molecule has 0 atom stereocenters. The van der Waals surface area contributed by atoms with Crippen LogP contribution in [0.4, 0.5) is 0 Å². The average Bonchev–Trinajstić information content (AvgIpc) is 2.38. The second kappa shape index (κ2) is 6.24. The summed E-state index contributed by atoms with van der Waals surface area (Å²) in [6.07, 6.45) is 0.153. The van der Waals surface area contributed by atoms with Crippen LogP contribution in [0.2, 0.25) is 0 Å². The molecule has 3 heteroatoms. The van der Waals surface area contributed by atoms with Crippen LogP contribution in [0.5, 0.6) is 11.5 Å². The minimum absolute atomic E-state index is 0.153. The monoisotopic (exact) mass is 269 g/mol. The fourth-order valence-corrected chi connectivity index (χ4v) is 1.94. The van der Waals surface area contributed by atoms with Crippen molar-refractivity contribution < 1.29 is 9.47 Å². The van der Waals surface area contributed by atoms with E-state index in [0.717, 1.165) is 16.9 Å². The van der Waals surface area contributed by atoms with E-state index in [2.05, 4.69) is 0 Å². The molecule has 0 heterocycles. The zero-order chi connectivity index (χ0) is 14.5. The van der Waals surface area contributed by atoms with Crippen LogP contribution in [0.1, 0.15) is 20.8 Å². The van der Waals surface area contributed by atoms with Crippen LogP contribution in [-0.2, 0) is 0 Å². The zero-order valence-corrected chi connectivity index (χ0v) is 12.0. The molecule has 2 aromatic rings. The summed E-state index contributed by atoms with van der Waals surface area (Å²) in [5.41, 5.74) is 2.11. The molecule has 1 N–H and O–H groups in total. The van der Waals surface area contributed by atoms with Crippen molar-refractivity contribution in [2.75, 3.05) is 0 Å². The fraction of sp³-hybridized carbons (Fsp3) is 0.235. The molecule has 0 saturated heterocycles. The number of hydrogen-bond acceptors (Lipinski definition) is 3. The van der Waals surface area contributed by atoms with Crippen molar-refractivity contribution >= 4 is 5.90 Å². The maximum Gasteiger partial charge on any atom is 0.184 e. The van der Waals surface area contributed by atoms with Crippen LogP contribution in [0.25, 0.3) is 11.1 Å². The van der Waals surface area contributed by atoms with Crippen LogP contribution in [0.3, 0.4) is 0 Å². The van der Waals surface area contributed by atoms with Crippen molar-refractivity contribution in [3.63, 3.8) is 0 Å². The van der Waals surface area contributed by atoms with Crippen LogP contribution < -0.4 is 9.47 Å². The van der Waals surface area contributed by atoms with Gasteiger partial charge in [0.05, 0.1) is 6.10 Å². The van der Waals surface area contributed by atoms with Crippen molar-refractivity contribution in [3.8, 4) is 22.6 Å². The molecule has 0 radical (unpaired) electrons. The van der Waals surface area contributed by atoms with E-state index in [0.29, 0.717) is 5.75 Å². The molecule has 3 nitrogen and oxygen atoms in total. The molecule has 2 aromatic carbocycles. The third-order valence-electron chi connectivity index (χ3n) is 2.64. The molecule has 0 bridgehead atoms. The highest BCUT2D eigenvalue weighted by atomic mass is 16.5. The first-order valence-electron chi connectivity index (χ1n) is 6.65. The Hall–Kier alpha value is -2.29. The van der Waals surface area contributed by atoms with Crippen molar-refractivity contribution in [2.24, 2.45) is 0 Å². The summed E-state index contributed by atoms with van der Waals surface area (Å²) in [6.45, 7) is 5.63. The van der Waals surface area contributed by atoms with Gasteiger partial charge < -0.3 is 9.47 Å². The maximum absolute atomic E-state index is 7.38. The molecule has 0 saturated carbocycles. The molecule has 0 amide bonds. The van der Waals surface area contributed by atoms with E-state index in [9.17, 15) is 0 Å². The van der Waals surface area contributed by atoms with Crippen LogP contribution >= 0.6 is 0 Å². The van der Waals surface area contributed by atoms with Crippen molar-refractivity contribution in [2.45, 2.75) is 26.9 Å². The Labute approximate surface area is 119 Å². The first-order chi connectivity index (χ1) is 9.54. The predicted octanol–water partition coefficient (Wildman–Crippen LogP) is 4.52. The summed E-state index contributed by atoms with van der Waals surface area (Å²) in [4.78, 5) is 0. The van der Waals surface area contributed by atoms with E-state index in [4.69, 9.17) is 14.9 Å². The minimum Gasteiger partial charge on any atom is -0.491 e. The van der Waals surface area contributed by atoms with Gasteiger partial charge in [0, 0.05) is 6.92 Å². The number of hydrogen-bond donors (Lipinski definition) is 1. The molecule has 2 rings (SSSR count). The second-order valence-electron chi connectivity index (χ2n) is 4.88. The fourth-order valence-electron chi connectivity index (χ4n) is 1.94. The SMILES string of the molecule is CC(=N)Oc1cccc(-c2cccc(OC(C)C)c2)c1. The molecular weight excluding hydrogens is 250 g/mol. The highest BCUT2D eigenvalue weighted by Gasteiger charge is 2.04. The van der Waals surface area contributed by atoms with Gasteiger partial charge in [-0.05, 0) is 49.2 Å². The maximum atomic E-state index is 7.38. The van der Waals surface area contributed by atoms with Gasteiger partial charge in [-0.25, -0.2) is 0 Å². The third kappa shape index (κ3) is 3.85. The first kappa shape index (κ1) is 14.1. The standard InChI is InChI=1S/C17H19NO2/c1-12(2)19-16-8-4-6-14(10-16)15-7-5-9-17(11-15)20-13(3)18/h4-12,18H,1-3H3. The molecule has 0 fully saturated rings. The summed E-state index contributed by atoms with van der Waals surface area (Å²) in [5.74, 6) is 1.70. The lowest BCUT2D eigenvalue weighted by atomic mass is 10.1. The van der Waals surface area contributed by atoms with Crippen LogP contribution in [0, 0.1) is 5.41 Å². The van der Waals surface area contributed by atoms with Crippen molar-refractivity contribution in [1.82, 2.24) is 0 Å². The Morgan fingerprint density at radius 1 is 0.950 bits per heavy atom. The van der Waals surface area contributed by atoms with Crippen molar-refractivity contribution in [1.29, 1.82) is 5.41 Å². The van der Waals surface area contributed by atoms with Crippen LogP contribution in [-0.4, -0.2) is 12.0 Å². The lowest BCUT2D eigenvalue weighted by Crippen LogP contribution is -2.05. The van der Waals surface area contributed by atoms with Crippen LogP contribution in [0.15, 0.2) is 48.5 Å². The zero-order valence-electron chi connectivity index (χ0n) is 12.0. The average molecular weight is 269 g/mol. The topological polar surface area (TPSA) is 42.3 Å². The molecular formula is C17H19NO2. The van der Waals surface area contributed by atoms with Gasteiger partial charge in [0.2, 0.25) is 0 Å². The number of nitrogens with one attached hydrogen (secondary N) is 1. The summed E-state index contributed by atoms with van der Waals surface area (Å²) in [5, 5.41) is 7.38. The Bertz CT molecular complexity index is 605. The quantitative estimate of drug-likeness (QED) is 0.655. The number of rotatable bonds is 4. The van der Waals surface area contributed by atoms with Gasteiger partial charge in [-0.3, -0.25) is 5.41 Å². The van der Waals surface area contributed by atoms with Gasteiger partial charge in [0.1, 0.15) is 11.5 Å². The molecule has 0 unspecified atom stereocenters. The smallest absolute Gasteiger partial charge is 0.184 e. The Kier molecular flexibility index (Phi) is 4.41. The van der Waals surface area contributed by atoms with Crippen molar-refractivity contribution in [3.05, 3.63) is 48.5 Å². The number of ether oxygens (including phenoxy) is 2. The Balaban J connectivity index is 2.29. The van der Waals surface area contributed by atoms with E-state index >= 15 is 0 Å². The van der Waals surface area contributed by atoms with Gasteiger partial charge in [-0.2, -0.15) is 0 Å². The molecule has 104 valence electrons. The molecule has 0 spiro atoms. The second-order valence-corrected chi connectivity index (χ2v) is 4.88. The van der Waals surface area contributed by atoms with E-state index in [1.807, 2.05) is 62.4 Å². The van der Waals surface area contributed by atoms with E-state index < -0.39 is 0 Å². The summed E-state index contributed by atoms with van der Waals surface area (Å²) >= 11 is 0. The molecule has 0 aromatic heterocycles. The largest absolute Gasteiger partial charge is 0.491 e. The summed E-state index contributed by atoms with van der Waals surface area (Å²) < 4.78 is 11.0.